The Morgan fingerprint density at radius 1 is 1.15 bits per heavy atom. The van der Waals surface area contributed by atoms with Crippen molar-refractivity contribution < 1.29 is 23.3 Å². The zero-order chi connectivity index (χ0) is 19.7. The van der Waals surface area contributed by atoms with Crippen LogP contribution in [-0.4, -0.2) is 34.7 Å². The van der Waals surface area contributed by atoms with E-state index in [1.807, 2.05) is 0 Å². The number of nitrogens with one attached hydrogen (secondary N) is 1. The molecule has 0 atom stereocenters. The van der Waals surface area contributed by atoms with Crippen LogP contribution < -0.4 is 5.32 Å². The van der Waals surface area contributed by atoms with Crippen molar-refractivity contribution in [2.45, 2.75) is 0 Å². The molecule has 0 spiro atoms. The number of halogens is 3. The molecular formula is C17H12ClF2N3O4. The van der Waals surface area contributed by atoms with Crippen LogP contribution in [0.15, 0.2) is 36.4 Å². The van der Waals surface area contributed by atoms with Crippen LogP contribution in [-0.2, 0) is 4.79 Å². The van der Waals surface area contributed by atoms with Gasteiger partial charge in [-0.15, -0.1) is 0 Å². The number of rotatable bonds is 4. The Morgan fingerprint density at radius 3 is 2.48 bits per heavy atom. The minimum absolute atomic E-state index is 0.0129. The monoisotopic (exact) mass is 395 g/mol. The molecule has 1 aliphatic rings. The number of nitrogens with zero attached hydrogens (tertiary/aromatic N) is 2. The van der Waals surface area contributed by atoms with Crippen LogP contribution in [0.25, 0.3) is 0 Å². The SMILES string of the molecule is O=C(Nc1ccc(Cl)c([N+](=O)[O-])c1)C1CN(C(=O)c2ccc(F)c(F)c2)C1. The van der Waals surface area contributed by atoms with Gasteiger partial charge in [0.2, 0.25) is 5.91 Å². The molecule has 1 N–H and O–H groups in total. The summed E-state index contributed by atoms with van der Waals surface area (Å²) in [6.45, 7) is 0.193. The number of likely N-dealkylation sites (tertiary alicyclic amines) is 1. The number of anilines is 1. The third-order valence-corrected chi connectivity index (χ3v) is 4.44. The highest BCUT2D eigenvalue weighted by atomic mass is 35.5. The lowest BCUT2D eigenvalue weighted by Crippen LogP contribution is -2.54. The highest BCUT2D eigenvalue weighted by molar-refractivity contribution is 6.32. The van der Waals surface area contributed by atoms with Crippen molar-refractivity contribution in [3.8, 4) is 0 Å². The van der Waals surface area contributed by atoms with Crippen LogP contribution in [0.1, 0.15) is 10.4 Å². The van der Waals surface area contributed by atoms with Crippen LogP contribution in [0.2, 0.25) is 5.02 Å². The number of amides is 2. The van der Waals surface area contributed by atoms with Gasteiger partial charge in [0.25, 0.3) is 11.6 Å². The van der Waals surface area contributed by atoms with Gasteiger partial charge in [0.15, 0.2) is 11.6 Å². The van der Waals surface area contributed by atoms with Crippen LogP contribution >= 0.6 is 11.6 Å². The van der Waals surface area contributed by atoms with E-state index >= 15 is 0 Å². The molecule has 2 aromatic rings. The number of benzene rings is 2. The Hall–Kier alpha value is -3.07. The summed E-state index contributed by atoms with van der Waals surface area (Å²) < 4.78 is 26.2. The van der Waals surface area contributed by atoms with Gasteiger partial charge < -0.3 is 10.2 Å². The summed E-state index contributed by atoms with van der Waals surface area (Å²) in [4.78, 5) is 35.9. The van der Waals surface area contributed by atoms with Gasteiger partial charge in [0, 0.05) is 30.4 Å². The normalized spacial score (nSPS) is 13.8. The summed E-state index contributed by atoms with van der Waals surface area (Å²) in [6.07, 6.45) is 0. The molecule has 3 rings (SSSR count). The number of nitro groups is 1. The first-order valence-electron chi connectivity index (χ1n) is 7.75. The summed E-state index contributed by atoms with van der Waals surface area (Å²) in [6, 6.07) is 6.70. The van der Waals surface area contributed by atoms with Crippen molar-refractivity contribution >= 4 is 34.8 Å². The lowest BCUT2D eigenvalue weighted by atomic mass is 9.97. The smallest absolute Gasteiger partial charge is 0.289 e. The second-order valence-corrected chi connectivity index (χ2v) is 6.36. The number of nitro benzene ring substituents is 1. The van der Waals surface area contributed by atoms with Gasteiger partial charge in [-0.3, -0.25) is 19.7 Å². The maximum absolute atomic E-state index is 13.2. The average Bonchev–Trinajstić information content (AvgIpc) is 2.57. The second kappa shape index (κ2) is 7.28. The first kappa shape index (κ1) is 18.7. The summed E-state index contributed by atoms with van der Waals surface area (Å²) in [5, 5.41) is 13.4. The number of carbonyl (C=O) groups is 2. The molecule has 2 aromatic carbocycles. The van der Waals surface area contributed by atoms with Gasteiger partial charge in [-0.25, -0.2) is 8.78 Å². The highest BCUT2D eigenvalue weighted by Gasteiger charge is 2.36. The van der Waals surface area contributed by atoms with E-state index in [1.54, 1.807) is 0 Å². The molecular weight excluding hydrogens is 384 g/mol. The molecule has 1 fully saturated rings. The van der Waals surface area contributed by atoms with Crippen molar-refractivity contribution in [1.82, 2.24) is 4.90 Å². The molecule has 1 heterocycles. The Kier molecular flexibility index (Phi) is 5.04. The average molecular weight is 396 g/mol. The summed E-state index contributed by atoms with van der Waals surface area (Å²) >= 11 is 5.71. The first-order valence-corrected chi connectivity index (χ1v) is 8.13. The Morgan fingerprint density at radius 2 is 1.85 bits per heavy atom. The summed E-state index contributed by atoms with van der Waals surface area (Å²) in [5.41, 5.74) is -0.138. The second-order valence-electron chi connectivity index (χ2n) is 5.95. The van der Waals surface area contributed by atoms with Gasteiger partial charge in [-0.2, -0.15) is 0 Å². The van der Waals surface area contributed by atoms with Gasteiger partial charge in [0.05, 0.1) is 10.8 Å². The topological polar surface area (TPSA) is 92.5 Å². The fraction of sp³-hybridized carbons (Fsp3) is 0.176. The highest BCUT2D eigenvalue weighted by Crippen LogP contribution is 2.28. The van der Waals surface area contributed by atoms with Gasteiger partial charge in [-0.1, -0.05) is 11.6 Å². The maximum atomic E-state index is 13.2. The quantitative estimate of drug-likeness (QED) is 0.635. The Labute approximate surface area is 156 Å². The van der Waals surface area contributed by atoms with E-state index < -0.39 is 34.3 Å². The van der Waals surface area contributed by atoms with Crippen LogP contribution in [0, 0.1) is 27.7 Å². The van der Waals surface area contributed by atoms with Crippen LogP contribution in [0.5, 0.6) is 0 Å². The predicted octanol–water partition coefficient (Wildman–Crippen LogP) is 3.24. The maximum Gasteiger partial charge on any atom is 0.289 e. The van der Waals surface area contributed by atoms with E-state index in [0.717, 1.165) is 18.2 Å². The zero-order valence-electron chi connectivity index (χ0n) is 13.6. The molecule has 0 saturated carbocycles. The third kappa shape index (κ3) is 3.87. The van der Waals surface area contributed by atoms with Gasteiger partial charge in [0.1, 0.15) is 5.02 Å². The molecule has 7 nitrogen and oxygen atoms in total. The van der Waals surface area contributed by atoms with Gasteiger partial charge >= 0.3 is 0 Å². The Balaban J connectivity index is 1.60. The van der Waals surface area contributed by atoms with Crippen molar-refractivity contribution in [2.24, 2.45) is 5.92 Å². The van der Waals surface area contributed by atoms with E-state index in [1.165, 1.54) is 23.1 Å². The molecule has 10 heteroatoms. The van der Waals surface area contributed by atoms with Crippen molar-refractivity contribution in [2.75, 3.05) is 18.4 Å². The van der Waals surface area contributed by atoms with Crippen molar-refractivity contribution in [1.29, 1.82) is 0 Å². The standard InChI is InChI=1S/C17H12ClF2N3O4/c18-12-3-2-11(6-15(12)23(26)27)21-16(24)10-7-22(8-10)17(25)9-1-4-13(19)14(20)5-9/h1-6,10H,7-8H2,(H,21,24). The fourth-order valence-electron chi connectivity index (χ4n) is 2.60. The molecule has 2 amide bonds. The molecule has 0 unspecified atom stereocenters. The molecule has 0 bridgehead atoms. The van der Waals surface area contributed by atoms with E-state index in [2.05, 4.69) is 5.32 Å². The lowest BCUT2D eigenvalue weighted by molar-refractivity contribution is -0.384. The molecule has 140 valence electrons. The van der Waals surface area contributed by atoms with E-state index in [0.29, 0.717) is 0 Å². The van der Waals surface area contributed by atoms with Gasteiger partial charge in [-0.05, 0) is 30.3 Å². The fourth-order valence-corrected chi connectivity index (χ4v) is 2.78. The lowest BCUT2D eigenvalue weighted by Gasteiger charge is -2.38. The predicted molar refractivity (Wildman–Crippen MR) is 92.5 cm³/mol. The van der Waals surface area contributed by atoms with E-state index in [-0.39, 0.29) is 35.1 Å². The minimum atomic E-state index is -1.13. The molecule has 27 heavy (non-hydrogen) atoms. The van der Waals surface area contributed by atoms with Crippen molar-refractivity contribution in [3.63, 3.8) is 0 Å². The van der Waals surface area contributed by atoms with E-state index in [4.69, 9.17) is 11.6 Å². The molecule has 0 aromatic heterocycles. The Bertz CT molecular complexity index is 948. The largest absolute Gasteiger partial charge is 0.337 e. The number of hydrogen-bond acceptors (Lipinski definition) is 4. The number of carbonyl (C=O) groups excluding carboxylic acids is 2. The summed E-state index contributed by atoms with van der Waals surface area (Å²) in [7, 11) is 0. The first-order chi connectivity index (χ1) is 12.8. The third-order valence-electron chi connectivity index (χ3n) is 4.12. The minimum Gasteiger partial charge on any atom is -0.337 e. The number of hydrogen-bond donors (Lipinski definition) is 1. The molecule has 1 aliphatic heterocycles. The van der Waals surface area contributed by atoms with Crippen LogP contribution in [0.3, 0.4) is 0 Å². The summed E-state index contributed by atoms with van der Waals surface area (Å²) in [5.74, 6) is -3.63. The molecule has 0 aliphatic carbocycles. The zero-order valence-corrected chi connectivity index (χ0v) is 14.4. The van der Waals surface area contributed by atoms with Crippen LogP contribution in [0.4, 0.5) is 20.2 Å². The van der Waals surface area contributed by atoms with Crippen molar-refractivity contribution in [3.05, 3.63) is 68.7 Å². The van der Waals surface area contributed by atoms with E-state index in [9.17, 15) is 28.5 Å². The molecule has 0 radical (unpaired) electrons. The molecule has 1 saturated heterocycles.